The highest BCUT2D eigenvalue weighted by Crippen LogP contribution is 2.38. The summed E-state index contributed by atoms with van der Waals surface area (Å²) in [5.41, 5.74) is 0.846. The monoisotopic (exact) mass is 266 g/mol. The Morgan fingerprint density at radius 2 is 1.79 bits per heavy atom. The van der Waals surface area contributed by atoms with Gasteiger partial charge in [0.05, 0.1) is 21.3 Å². The molecular weight excluding hydrogens is 252 g/mol. The third-order valence-electron chi connectivity index (χ3n) is 2.58. The van der Waals surface area contributed by atoms with Gasteiger partial charge in [-0.25, -0.2) is 4.79 Å². The average molecular weight is 266 g/mol. The Bertz CT molecular complexity index is 592. The zero-order valence-corrected chi connectivity index (χ0v) is 10.9. The normalized spacial score (nSPS) is 10.3. The number of aromatic amines is 1. The van der Waals surface area contributed by atoms with E-state index in [1.54, 1.807) is 26.4 Å². The van der Waals surface area contributed by atoms with Crippen LogP contribution in [0.1, 0.15) is 11.4 Å². The fourth-order valence-electron chi connectivity index (χ4n) is 1.77. The van der Waals surface area contributed by atoms with Crippen molar-refractivity contribution in [2.45, 2.75) is 6.42 Å². The molecule has 0 unspecified atom stereocenters. The first-order valence-corrected chi connectivity index (χ1v) is 5.51. The van der Waals surface area contributed by atoms with Crippen molar-refractivity contribution in [3.05, 3.63) is 34.1 Å². The van der Waals surface area contributed by atoms with Crippen LogP contribution < -0.4 is 20.0 Å². The molecule has 2 rings (SSSR count). The molecule has 0 saturated heterocycles. The number of H-pyrrole nitrogens is 1. The zero-order chi connectivity index (χ0) is 13.8. The number of rotatable bonds is 5. The van der Waals surface area contributed by atoms with Crippen molar-refractivity contribution < 1.29 is 18.7 Å². The second kappa shape index (κ2) is 5.47. The summed E-state index contributed by atoms with van der Waals surface area (Å²) >= 11 is 0. The fraction of sp³-hybridized carbons (Fsp3) is 0.333. The predicted molar refractivity (Wildman–Crippen MR) is 66.0 cm³/mol. The lowest BCUT2D eigenvalue weighted by Gasteiger charge is -2.13. The molecule has 1 heterocycles. The Hall–Kier alpha value is -2.44. The summed E-state index contributed by atoms with van der Waals surface area (Å²) in [6, 6.07) is 3.57. The molecule has 0 saturated carbocycles. The number of benzene rings is 1. The molecule has 1 aromatic heterocycles. The lowest BCUT2D eigenvalue weighted by molar-refractivity contribution is 0.324. The van der Waals surface area contributed by atoms with E-state index >= 15 is 0 Å². The largest absolute Gasteiger partial charge is 0.493 e. The van der Waals surface area contributed by atoms with Crippen LogP contribution in [-0.4, -0.2) is 31.5 Å². The van der Waals surface area contributed by atoms with Crippen LogP contribution in [0.2, 0.25) is 0 Å². The molecule has 19 heavy (non-hydrogen) atoms. The van der Waals surface area contributed by atoms with Crippen molar-refractivity contribution in [2.24, 2.45) is 0 Å². The van der Waals surface area contributed by atoms with Gasteiger partial charge in [-0.15, -0.1) is 0 Å². The van der Waals surface area contributed by atoms with E-state index < -0.39 is 5.76 Å². The molecule has 7 nitrogen and oxygen atoms in total. The van der Waals surface area contributed by atoms with E-state index in [4.69, 9.17) is 14.2 Å². The number of nitrogens with one attached hydrogen (secondary N) is 1. The van der Waals surface area contributed by atoms with E-state index in [1.165, 1.54) is 7.11 Å². The van der Waals surface area contributed by atoms with Gasteiger partial charge in [-0.3, -0.25) is 9.51 Å². The fourth-order valence-corrected chi connectivity index (χ4v) is 1.77. The number of ether oxygens (including phenoxy) is 3. The van der Waals surface area contributed by atoms with Crippen molar-refractivity contribution in [3.63, 3.8) is 0 Å². The van der Waals surface area contributed by atoms with Crippen molar-refractivity contribution >= 4 is 0 Å². The number of methoxy groups -OCH3 is 3. The Morgan fingerprint density at radius 1 is 1.16 bits per heavy atom. The maximum Gasteiger partial charge on any atom is 0.438 e. The molecule has 7 heteroatoms. The van der Waals surface area contributed by atoms with Crippen molar-refractivity contribution in [2.75, 3.05) is 21.3 Å². The van der Waals surface area contributed by atoms with Crippen LogP contribution in [0.5, 0.6) is 17.2 Å². The van der Waals surface area contributed by atoms with Gasteiger partial charge in [0.1, 0.15) is 0 Å². The highest BCUT2D eigenvalue weighted by atomic mass is 16.5. The maximum absolute atomic E-state index is 10.9. The molecule has 102 valence electrons. The van der Waals surface area contributed by atoms with Gasteiger partial charge >= 0.3 is 5.76 Å². The quantitative estimate of drug-likeness (QED) is 0.868. The minimum atomic E-state index is -0.581. The van der Waals surface area contributed by atoms with Crippen molar-refractivity contribution in [3.8, 4) is 17.2 Å². The Balaban J connectivity index is 2.38. The third-order valence-corrected chi connectivity index (χ3v) is 2.58. The Morgan fingerprint density at radius 3 is 2.21 bits per heavy atom. The van der Waals surface area contributed by atoms with Gasteiger partial charge in [-0.2, -0.15) is 0 Å². The molecule has 0 aliphatic heterocycles. The van der Waals surface area contributed by atoms with Gasteiger partial charge in [0.15, 0.2) is 17.3 Å². The highest BCUT2D eigenvalue weighted by Gasteiger charge is 2.14. The zero-order valence-electron chi connectivity index (χ0n) is 10.9. The van der Waals surface area contributed by atoms with Crippen LogP contribution in [0.25, 0.3) is 0 Å². The van der Waals surface area contributed by atoms with Crippen LogP contribution in [0.3, 0.4) is 0 Å². The Labute approximate surface area is 109 Å². The summed E-state index contributed by atoms with van der Waals surface area (Å²) in [5, 5.41) is 3.61. The Kier molecular flexibility index (Phi) is 3.74. The smallest absolute Gasteiger partial charge is 0.438 e. The molecule has 2 aromatic rings. The van der Waals surface area contributed by atoms with E-state index in [1.807, 2.05) is 0 Å². The molecule has 0 bridgehead atoms. The van der Waals surface area contributed by atoms with E-state index in [2.05, 4.69) is 14.7 Å². The molecule has 1 N–H and O–H groups in total. The van der Waals surface area contributed by atoms with Crippen LogP contribution in [-0.2, 0) is 6.42 Å². The molecule has 0 atom stereocenters. The first-order chi connectivity index (χ1) is 9.17. The standard InChI is InChI=1S/C12H14N2O5/c1-16-8-4-7(5-9(17-2)11(8)18-3)6-10-13-12(15)19-14-10/h4-5H,6H2,1-3H3,(H,13,14,15). The van der Waals surface area contributed by atoms with Gasteiger partial charge in [0.25, 0.3) is 0 Å². The average Bonchev–Trinajstić information content (AvgIpc) is 2.82. The molecule has 0 aliphatic carbocycles. The van der Waals surface area contributed by atoms with Gasteiger partial charge in [-0.1, -0.05) is 5.16 Å². The van der Waals surface area contributed by atoms with Crippen molar-refractivity contribution in [1.29, 1.82) is 0 Å². The van der Waals surface area contributed by atoms with E-state index in [0.717, 1.165) is 5.56 Å². The van der Waals surface area contributed by atoms with E-state index in [9.17, 15) is 4.79 Å². The first-order valence-electron chi connectivity index (χ1n) is 5.51. The van der Waals surface area contributed by atoms with Crippen LogP contribution in [0.15, 0.2) is 21.5 Å². The second-order valence-electron chi connectivity index (χ2n) is 3.75. The van der Waals surface area contributed by atoms with Crippen LogP contribution in [0, 0.1) is 0 Å². The van der Waals surface area contributed by atoms with Gasteiger partial charge in [-0.05, 0) is 17.7 Å². The summed E-state index contributed by atoms with van der Waals surface area (Å²) in [6.45, 7) is 0. The van der Waals surface area contributed by atoms with Gasteiger partial charge < -0.3 is 14.2 Å². The van der Waals surface area contributed by atoms with E-state index in [0.29, 0.717) is 29.5 Å². The third kappa shape index (κ3) is 2.70. The molecule has 1 aromatic carbocycles. The maximum atomic E-state index is 10.9. The summed E-state index contributed by atoms with van der Waals surface area (Å²) in [7, 11) is 4.62. The van der Waals surface area contributed by atoms with Gasteiger partial charge in [0, 0.05) is 6.42 Å². The summed E-state index contributed by atoms with van der Waals surface area (Å²) in [4.78, 5) is 13.4. The molecule has 0 spiro atoms. The number of nitrogens with zero attached hydrogens (tertiary/aromatic N) is 1. The lowest BCUT2D eigenvalue weighted by atomic mass is 10.1. The minimum absolute atomic E-state index is 0.391. The molecule has 0 radical (unpaired) electrons. The van der Waals surface area contributed by atoms with E-state index in [-0.39, 0.29) is 0 Å². The van der Waals surface area contributed by atoms with Crippen molar-refractivity contribution in [1.82, 2.24) is 10.1 Å². The molecule has 0 amide bonds. The second-order valence-corrected chi connectivity index (χ2v) is 3.75. The number of aromatic nitrogens is 2. The summed E-state index contributed by atoms with van der Waals surface area (Å²) in [5.74, 6) is 1.45. The van der Waals surface area contributed by atoms with Gasteiger partial charge in [0.2, 0.25) is 5.75 Å². The van der Waals surface area contributed by atoms with Crippen LogP contribution in [0.4, 0.5) is 0 Å². The predicted octanol–water partition coefficient (Wildman–Crippen LogP) is 0.979. The number of hydrogen-bond acceptors (Lipinski definition) is 6. The lowest BCUT2D eigenvalue weighted by Crippen LogP contribution is -2.00. The van der Waals surface area contributed by atoms with Crippen LogP contribution >= 0.6 is 0 Å². The molecular formula is C12H14N2O5. The summed E-state index contributed by atoms with van der Waals surface area (Å²) in [6.07, 6.45) is 0.391. The SMILES string of the molecule is COc1cc(Cc2noc(=O)[nH]2)cc(OC)c1OC. The first kappa shape index (κ1) is 13.0. The number of hydrogen-bond donors (Lipinski definition) is 1. The highest BCUT2D eigenvalue weighted by molar-refractivity contribution is 5.54. The molecule has 0 aliphatic rings. The summed E-state index contributed by atoms with van der Waals surface area (Å²) < 4.78 is 20.2. The molecule has 0 fully saturated rings. The minimum Gasteiger partial charge on any atom is -0.493 e. The topological polar surface area (TPSA) is 86.6 Å².